The Morgan fingerprint density at radius 2 is 1.02 bits per heavy atom. The summed E-state index contributed by atoms with van der Waals surface area (Å²) in [7, 11) is 0. The first-order valence-corrected chi connectivity index (χ1v) is 14.6. The molecule has 0 unspecified atom stereocenters. The van der Waals surface area contributed by atoms with Crippen molar-refractivity contribution in [2.45, 2.75) is 120 Å². The molecule has 242 valence electrons. The van der Waals surface area contributed by atoms with Gasteiger partial charge in [0.2, 0.25) is 0 Å². The third-order valence-electron chi connectivity index (χ3n) is 6.41. The molecule has 1 aliphatic heterocycles. The van der Waals surface area contributed by atoms with E-state index in [1.807, 2.05) is 30.3 Å². The Labute approximate surface area is 256 Å². The first kappa shape index (κ1) is 36.2. The second-order valence-electron chi connectivity index (χ2n) is 15.0. The number of esters is 4. The van der Waals surface area contributed by atoms with Crippen molar-refractivity contribution in [2.75, 3.05) is 6.61 Å². The highest BCUT2D eigenvalue weighted by atomic mass is 16.7. The minimum absolute atomic E-state index is 0.0654. The number of hydrogen-bond donors (Lipinski definition) is 0. The number of carbonyl (C=O) groups excluding carboxylic acids is 4. The highest BCUT2D eigenvalue weighted by Crippen LogP contribution is 2.34. The maximum Gasteiger partial charge on any atom is 0.311 e. The van der Waals surface area contributed by atoms with Gasteiger partial charge in [-0.15, -0.1) is 0 Å². The number of hydrogen-bond acceptors (Lipinski definition) is 10. The number of benzene rings is 1. The Hall–Kier alpha value is -2.98. The largest absolute Gasteiger partial charge is 0.462 e. The van der Waals surface area contributed by atoms with Crippen LogP contribution < -0.4 is 0 Å². The summed E-state index contributed by atoms with van der Waals surface area (Å²) in [5.74, 6) is -2.36. The molecule has 0 spiro atoms. The number of rotatable bonds is 8. The Kier molecular flexibility index (Phi) is 11.6. The van der Waals surface area contributed by atoms with Crippen LogP contribution in [0.15, 0.2) is 30.3 Å². The summed E-state index contributed by atoms with van der Waals surface area (Å²) in [6.45, 7) is 19.9. The monoisotopic (exact) mass is 606 g/mol. The fourth-order valence-corrected chi connectivity index (χ4v) is 3.58. The average Bonchev–Trinajstić information content (AvgIpc) is 2.86. The third-order valence-corrected chi connectivity index (χ3v) is 6.41. The lowest BCUT2D eigenvalue weighted by Gasteiger charge is -2.45. The predicted molar refractivity (Wildman–Crippen MR) is 158 cm³/mol. The summed E-state index contributed by atoms with van der Waals surface area (Å²) >= 11 is 0. The Morgan fingerprint density at radius 3 is 1.47 bits per heavy atom. The SMILES string of the molecule is CC(C)(C)C(=O)OC[C@H]1O[C@@H](OCc2ccccc2)[C@H](OC(=O)C(C)(C)C)[C@@H](OC(=O)C(C)(C)C)[C@H]1OC(=O)C(C)(C)C. The van der Waals surface area contributed by atoms with E-state index in [9.17, 15) is 19.2 Å². The van der Waals surface area contributed by atoms with Crippen LogP contribution in [-0.2, 0) is 54.2 Å². The van der Waals surface area contributed by atoms with Crippen molar-refractivity contribution in [1.29, 1.82) is 0 Å². The fraction of sp³-hybridized carbons (Fsp3) is 0.697. The van der Waals surface area contributed by atoms with Gasteiger partial charge in [0.15, 0.2) is 24.6 Å². The molecular formula is C33H50O10. The van der Waals surface area contributed by atoms with E-state index in [0.29, 0.717) is 0 Å². The summed E-state index contributed by atoms with van der Waals surface area (Å²) < 4.78 is 35.9. The van der Waals surface area contributed by atoms with E-state index >= 15 is 0 Å². The van der Waals surface area contributed by atoms with Crippen molar-refractivity contribution >= 4 is 23.9 Å². The van der Waals surface area contributed by atoms with Crippen LogP contribution in [0, 0.1) is 21.7 Å². The van der Waals surface area contributed by atoms with Gasteiger partial charge in [0, 0.05) is 0 Å². The van der Waals surface area contributed by atoms with Crippen LogP contribution in [0.4, 0.5) is 0 Å². The standard InChI is InChI=1S/C33H50O10/c1-30(2,3)26(34)39-19-21-22(41-27(35)31(4,5)6)23(42-28(36)32(7,8)9)24(43-29(37)33(10,11)12)25(40-21)38-18-20-16-14-13-15-17-20/h13-17,21-25H,18-19H2,1-12H3/t21-,22+,23+,24-,25-/m1/s1. The molecule has 1 aromatic carbocycles. The minimum Gasteiger partial charge on any atom is -0.462 e. The zero-order valence-electron chi connectivity index (χ0n) is 27.8. The van der Waals surface area contributed by atoms with Crippen LogP contribution in [0.25, 0.3) is 0 Å². The van der Waals surface area contributed by atoms with E-state index in [0.717, 1.165) is 5.56 Å². The zero-order valence-corrected chi connectivity index (χ0v) is 27.8. The van der Waals surface area contributed by atoms with Crippen LogP contribution in [0.2, 0.25) is 0 Å². The van der Waals surface area contributed by atoms with E-state index < -0.39 is 76.2 Å². The van der Waals surface area contributed by atoms with Crippen molar-refractivity contribution in [3.8, 4) is 0 Å². The van der Waals surface area contributed by atoms with E-state index in [2.05, 4.69) is 0 Å². The Bertz CT molecular complexity index is 1120. The molecular weight excluding hydrogens is 556 g/mol. The molecule has 2 rings (SSSR count). The molecule has 10 nitrogen and oxygen atoms in total. The molecule has 1 saturated heterocycles. The van der Waals surface area contributed by atoms with Gasteiger partial charge in [-0.3, -0.25) is 19.2 Å². The summed E-state index contributed by atoms with van der Waals surface area (Å²) in [6, 6.07) is 9.27. The lowest BCUT2D eigenvalue weighted by molar-refractivity contribution is -0.314. The number of carbonyl (C=O) groups is 4. The Balaban J connectivity index is 2.64. The quantitative estimate of drug-likeness (QED) is 0.281. The summed E-state index contributed by atoms with van der Waals surface area (Å²) in [4.78, 5) is 52.5. The van der Waals surface area contributed by atoms with Crippen molar-refractivity contribution in [2.24, 2.45) is 21.7 Å². The summed E-state index contributed by atoms with van der Waals surface area (Å²) in [5, 5.41) is 0. The lowest BCUT2D eigenvalue weighted by atomic mass is 9.93. The lowest BCUT2D eigenvalue weighted by Crippen LogP contribution is -2.64. The van der Waals surface area contributed by atoms with Gasteiger partial charge in [-0.1, -0.05) is 30.3 Å². The molecule has 1 aliphatic rings. The van der Waals surface area contributed by atoms with Crippen molar-refractivity contribution < 1.29 is 47.6 Å². The van der Waals surface area contributed by atoms with Crippen LogP contribution in [0.3, 0.4) is 0 Å². The van der Waals surface area contributed by atoms with E-state index in [-0.39, 0.29) is 13.2 Å². The van der Waals surface area contributed by atoms with Gasteiger partial charge in [0.05, 0.1) is 28.3 Å². The van der Waals surface area contributed by atoms with E-state index in [4.69, 9.17) is 28.4 Å². The average molecular weight is 607 g/mol. The van der Waals surface area contributed by atoms with Gasteiger partial charge in [0.1, 0.15) is 12.7 Å². The fourth-order valence-electron chi connectivity index (χ4n) is 3.58. The zero-order chi connectivity index (χ0) is 33.0. The van der Waals surface area contributed by atoms with E-state index in [1.165, 1.54) is 0 Å². The molecule has 0 saturated carbocycles. The molecule has 43 heavy (non-hydrogen) atoms. The molecule has 0 radical (unpaired) electrons. The first-order chi connectivity index (χ1) is 19.5. The van der Waals surface area contributed by atoms with Gasteiger partial charge >= 0.3 is 23.9 Å². The summed E-state index contributed by atoms with van der Waals surface area (Å²) in [6.07, 6.45) is -6.38. The molecule has 1 fully saturated rings. The van der Waals surface area contributed by atoms with Gasteiger partial charge in [-0.25, -0.2) is 0 Å². The molecule has 1 heterocycles. The second kappa shape index (κ2) is 13.8. The maximum absolute atomic E-state index is 13.3. The van der Waals surface area contributed by atoms with Gasteiger partial charge in [0.25, 0.3) is 0 Å². The first-order valence-electron chi connectivity index (χ1n) is 14.6. The molecule has 0 aliphatic carbocycles. The van der Waals surface area contributed by atoms with Crippen LogP contribution in [0.5, 0.6) is 0 Å². The van der Waals surface area contributed by atoms with Crippen LogP contribution in [-0.4, -0.2) is 61.2 Å². The molecule has 1 aromatic rings. The number of ether oxygens (including phenoxy) is 6. The minimum atomic E-state index is -1.35. The third kappa shape index (κ3) is 10.6. The molecule has 0 N–H and O–H groups in total. The smallest absolute Gasteiger partial charge is 0.311 e. The van der Waals surface area contributed by atoms with Gasteiger partial charge < -0.3 is 28.4 Å². The van der Waals surface area contributed by atoms with Crippen molar-refractivity contribution in [3.05, 3.63) is 35.9 Å². The second-order valence-corrected chi connectivity index (χ2v) is 15.0. The van der Waals surface area contributed by atoms with Crippen LogP contribution in [0.1, 0.15) is 88.6 Å². The molecule has 0 amide bonds. The van der Waals surface area contributed by atoms with E-state index in [1.54, 1.807) is 83.1 Å². The van der Waals surface area contributed by atoms with Crippen molar-refractivity contribution in [1.82, 2.24) is 0 Å². The van der Waals surface area contributed by atoms with Gasteiger partial charge in [-0.2, -0.15) is 0 Å². The molecule has 0 aromatic heterocycles. The predicted octanol–water partition coefficient (Wildman–Crippen LogP) is 5.39. The normalized spacial score (nSPS) is 23.2. The molecule has 5 atom stereocenters. The molecule has 10 heteroatoms. The molecule has 0 bridgehead atoms. The highest BCUT2D eigenvalue weighted by Gasteiger charge is 2.55. The topological polar surface area (TPSA) is 124 Å². The van der Waals surface area contributed by atoms with Crippen molar-refractivity contribution in [3.63, 3.8) is 0 Å². The van der Waals surface area contributed by atoms with Crippen LogP contribution >= 0.6 is 0 Å². The highest BCUT2D eigenvalue weighted by molar-refractivity contribution is 5.78. The Morgan fingerprint density at radius 1 is 0.605 bits per heavy atom. The summed E-state index contributed by atoms with van der Waals surface area (Å²) in [5.41, 5.74) is -2.84. The van der Waals surface area contributed by atoms with Gasteiger partial charge in [-0.05, 0) is 88.6 Å². The maximum atomic E-state index is 13.3.